The minimum absolute atomic E-state index is 0.251. The summed E-state index contributed by atoms with van der Waals surface area (Å²) in [7, 11) is 0. The molecule has 16 heavy (non-hydrogen) atoms. The van der Waals surface area contributed by atoms with Crippen LogP contribution in [0.2, 0.25) is 0 Å². The Kier molecular flexibility index (Phi) is 3.61. The average Bonchev–Trinajstić information content (AvgIpc) is 2.98. The smallest absolute Gasteiger partial charge is 0.304 e. The summed E-state index contributed by atoms with van der Waals surface area (Å²) in [5.41, 5.74) is 0. The minimum atomic E-state index is -0.701. The predicted molar refractivity (Wildman–Crippen MR) is 64.7 cm³/mol. The molecule has 1 fully saturated rings. The molecule has 0 spiro atoms. The molecule has 88 valence electrons. The van der Waals surface area contributed by atoms with E-state index in [-0.39, 0.29) is 6.42 Å². The van der Waals surface area contributed by atoms with Gasteiger partial charge in [-0.25, -0.2) is 0 Å². The van der Waals surface area contributed by atoms with Crippen LogP contribution in [0, 0.1) is 6.92 Å². The Morgan fingerprint density at radius 2 is 2.31 bits per heavy atom. The summed E-state index contributed by atoms with van der Waals surface area (Å²) in [6, 6.07) is 4.90. The normalized spacial score (nSPS) is 15.6. The number of carboxylic acids is 1. The zero-order valence-corrected chi connectivity index (χ0v) is 10.3. The monoisotopic (exact) mass is 239 g/mol. The fourth-order valence-electron chi connectivity index (χ4n) is 1.84. The van der Waals surface area contributed by atoms with Crippen LogP contribution in [0.3, 0.4) is 0 Å². The fraction of sp³-hybridized carbons (Fsp3) is 0.583. The molecule has 4 heteroatoms. The number of carbonyl (C=O) groups is 1. The number of aryl methyl sites for hydroxylation is 1. The van der Waals surface area contributed by atoms with Gasteiger partial charge in [0.1, 0.15) is 0 Å². The van der Waals surface area contributed by atoms with Crippen LogP contribution in [0.5, 0.6) is 0 Å². The Bertz CT molecular complexity index is 371. The van der Waals surface area contributed by atoms with Crippen LogP contribution >= 0.6 is 11.3 Å². The van der Waals surface area contributed by atoms with E-state index < -0.39 is 5.97 Å². The third-order valence-electron chi connectivity index (χ3n) is 2.83. The van der Waals surface area contributed by atoms with Crippen molar-refractivity contribution >= 4 is 17.3 Å². The molecule has 0 aromatic carbocycles. The van der Waals surface area contributed by atoms with Crippen molar-refractivity contribution in [3.63, 3.8) is 0 Å². The highest BCUT2D eigenvalue weighted by atomic mass is 32.1. The van der Waals surface area contributed by atoms with Crippen molar-refractivity contribution in [3.05, 3.63) is 21.9 Å². The molecular formula is C12H17NO2S. The molecule has 0 unspecified atom stereocenters. The Morgan fingerprint density at radius 3 is 2.81 bits per heavy atom. The molecule has 3 nitrogen and oxygen atoms in total. The van der Waals surface area contributed by atoms with Gasteiger partial charge in [0.2, 0.25) is 0 Å². The van der Waals surface area contributed by atoms with Crippen LogP contribution in [-0.4, -0.2) is 28.6 Å². The van der Waals surface area contributed by atoms with Gasteiger partial charge in [0, 0.05) is 28.9 Å². The van der Waals surface area contributed by atoms with Crippen molar-refractivity contribution in [2.24, 2.45) is 0 Å². The number of hydrogen-bond donors (Lipinski definition) is 1. The first-order valence-corrected chi connectivity index (χ1v) is 6.48. The number of rotatable bonds is 6. The van der Waals surface area contributed by atoms with E-state index in [1.807, 2.05) is 0 Å². The lowest BCUT2D eigenvalue weighted by atomic mass is 10.3. The zero-order chi connectivity index (χ0) is 11.5. The molecule has 0 amide bonds. The predicted octanol–water partition coefficient (Wildman–Crippen LogP) is 2.50. The molecule has 1 aromatic rings. The zero-order valence-electron chi connectivity index (χ0n) is 9.48. The van der Waals surface area contributed by atoms with Crippen molar-refractivity contribution in [1.29, 1.82) is 0 Å². The maximum Gasteiger partial charge on any atom is 0.304 e. The van der Waals surface area contributed by atoms with Crippen molar-refractivity contribution in [3.8, 4) is 0 Å². The average molecular weight is 239 g/mol. The summed E-state index contributed by atoms with van der Waals surface area (Å²) in [5.74, 6) is -0.701. The Morgan fingerprint density at radius 1 is 1.56 bits per heavy atom. The summed E-state index contributed by atoms with van der Waals surface area (Å²) in [6.07, 6.45) is 2.70. The first-order valence-electron chi connectivity index (χ1n) is 5.66. The number of hydrogen-bond acceptors (Lipinski definition) is 3. The number of nitrogens with zero attached hydrogens (tertiary/aromatic N) is 1. The van der Waals surface area contributed by atoms with Crippen LogP contribution in [0.4, 0.5) is 0 Å². The van der Waals surface area contributed by atoms with Gasteiger partial charge in [0.25, 0.3) is 0 Å². The second kappa shape index (κ2) is 4.97. The maximum atomic E-state index is 10.6. The van der Waals surface area contributed by atoms with E-state index in [9.17, 15) is 4.79 Å². The van der Waals surface area contributed by atoms with Crippen molar-refractivity contribution in [2.45, 2.75) is 38.8 Å². The topological polar surface area (TPSA) is 40.5 Å². The van der Waals surface area contributed by atoms with Gasteiger partial charge < -0.3 is 5.11 Å². The van der Waals surface area contributed by atoms with Crippen molar-refractivity contribution in [2.75, 3.05) is 6.54 Å². The largest absolute Gasteiger partial charge is 0.481 e. The Balaban J connectivity index is 1.89. The standard InChI is InChI=1S/C12H17NO2S/c1-9-2-5-11(16-9)8-13(10-3-4-10)7-6-12(14)15/h2,5,10H,3-4,6-8H2,1H3,(H,14,15). The van der Waals surface area contributed by atoms with Gasteiger partial charge in [0.15, 0.2) is 0 Å². The first-order chi connectivity index (χ1) is 7.65. The lowest BCUT2D eigenvalue weighted by Gasteiger charge is -2.20. The number of thiophene rings is 1. The fourth-order valence-corrected chi connectivity index (χ4v) is 2.76. The summed E-state index contributed by atoms with van der Waals surface area (Å²) in [6.45, 7) is 3.69. The van der Waals surface area contributed by atoms with E-state index in [4.69, 9.17) is 5.11 Å². The SMILES string of the molecule is Cc1ccc(CN(CCC(=O)O)C2CC2)s1. The van der Waals surface area contributed by atoms with Crippen LogP contribution in [0.15, 0.2) is 12.1 Å². The Hall–Kier alpha value is -0.870. The molecule has 0 atom stereocenters. The van der Waals surface area contributed by atoms with Gasteiger partial charge in [-0.3, -0.25) is 9.69 Å². The third kappa shape index (κ3) is 3.32. The maximum absolute atomic E-state index is 10.6. The molecule has 1 N–H and O–H groups in total. The molecule has 0 saturated heterocycles. The highest BCUT2D eigenvalue weighted by Crippen LogP contribution is 2.29. The van der Waals surface area contributed by atoms with Gasteiger partial charge in [-0.15, -0.1) is 11.3 Å². The second-order valence-electron chi connectivity index (χ2n) is 4.36. The third-order valence-corrected chi connectivity index (χ3v) is 3.82. The van der Waals surface area contributed by atoms with E-state index in [0.717, 1.165) is 6.54 Å². The molecule has 0 aliphatic heterocycles. The molecular weight excluding hydrogens is 222 g/mol. The van der Waals surface area contributed by atoms with Gasteiger partial charge in [-0.05, 0) is 31.9 Å². The van der Waals surface area contributed by atoms with Gasteiger partial charge >= 0.3 is 5.97 Å². The summed E-state index contributed by atoms with van der Waals surface area (Å²) < 4.78 is 0. The molecule has 0 radical (unpaired) electrons. The van der Waals surface area contributed by atoms with E-state index in [1.165, 1.54) is 22.6 Å². The van der Waals surface area contributed by atoms with E-state index >= 15 is 0 Å². The molecule has 1 aliphatic rings. The number of carboxylic acid groups (broad SMARTS) is 1. The molecule has 1 aromatic heterocycles. The summed E-state index contributed by atoms with van der Waals surface area (Å²) in [4.78, 5) is 15.5. The molecule has 1 aliphatic carbocycles. The minimum Gasteiger partial charge on any atom is -0.481 e. The van der Waals surface area contributed by atoms with Crippen molar-refractivity contribution < 1.29 is 9.90 Å². The quantitative estimate of drug-likeness (QED) is 0.829. The molecule has 0 bridgehead atoms. The highest BCUT2D eigenvalue weighted by Gasteiger charge is 2.29. The van der Waals surface area contributed by atoms with Crippen LogP contribution in [-0.2, 0) is 11.3 Å². The molecule has 1 saturated carbocycles. The second-order valence-corrected chi connectivity index (χ2v) is 5.73. The van der Waals surface area contributed by atoms with E-state index in [2.05, 4.69) is 24.0 Å². The van der Waals surface area contributed by atoms with Crippen LogP contribution in [0.25, 0.3) is 0 Å². The van der Waals surface area contributed by atoms with E-state index in [0.29, 0.717) is 12.6 Å². The van der Waals surface area contributed by atoms with Gasteiger partial charge in [-0.2, -0.15) is 0 Å². The van der Waals surface area contributed by atoms with E-state index in [1.54, 1.807) is 11.3 Å². The van der Waals surface area contributed by atoms with Crippen LogP contribution in [0.1, 0.15) is 29.0 Å². The first kappa shape index (κ1) is 11.6. The lowest BCUT2D eigenvalue weighted by Crippen LogP contribution is -2.27. The highest BCUT2D eigenvalue weighted by molar-refractivity contribution is 7.11. The molecule has 2 rings (SSSR count). The summed E-state index contributed by atoms with van der Waals surface area (Å²) >= 11 is 1.81. The number of aliphatic carboxylic acids is 1. The molecule has 1 heterocycles. The lowest BCUT2D eigenvalue weighted by molar-refractivity contribution is -0.137. The van der Waals surface area contributed by atoms with Gasteiger partial charge in [0.05, 0.1) is 6.42 Å². The van der Waals surface area contributed by atoms with Crippen LogP contribution < -0.4 is 0 Å². The Labute approximate surface area is 99.7 Å². The van der Waals surface area contributed by atoms with Gasteiger partial charge in [-0.1, -0.05) is 0 Å². The summed E-state index contributed by atoms with van der Waals surface area (Å²) in [5, 5.41) is 8.71. The van der Waals surface area contributed by atoms with Crippen molar-refractivity contribution in [1.82, 2.24) is 4.90 Å².